The van der Waals surface area contributed by atoms with Crippen molar-refractivity contribution < 1.29 is 4.79 Å². The van der Waals surface area contributed by atoms with Gasteiger partial charge in [0.25, 0.3) is 0 Å². The highest BCUT2D eigenvalue weighted by molar-refractivity contribution is 9.10. The maximum absolute atomic E-state index is 12.2. The quantitative estimate of drug-likeness (QED) is 0.777. The largest absolute Gasteiger partial charge is 0.299 e. The van der Waals surface area contributed by atoms with Crippen LogP contribution in [0.15, 0.2) is 15.9 Å². The van der Waals surface area contributed by atoms with Gasteiger partial charge in [0.15, 0.2) is 0 Å². The van der Waals surface area contributed by atoms with Crippen LogP contribution in [0, 0.1) is 11.8 Å². The van der Waals surface area contributed by atoms with Gasteiger partial charge in [-0.15, -0.1) is 11.3 Å². The number of carbonyl (C=O) groups excluding carboxylic acids is 1. The van der Waals surface area contributed by atoms with E-state index in [4.69, 9.17) is 0 Å². The molecule has 0 radical (unpaired) electrons. The van der Waals surface area contributed by atoms with Crippen molar-refractivity contribution in [3.8, 4) is 0 Å². The number of halogens is 1. The zero-order chi connectivity index (χ0) is 12.3. The zero-order valence-electron chi connectivity index (χ0n) is 10.2. The van der Waals surface area contributed by atoms with Gasteiger partial charge < -0.3 is 0 Å². The minimum absolute atomic E-state index is 0.326. The van der Waals surface area contributed by atoms with Crippen LogP contribution in [0.4, 0.5) is 0 Å². The monoisotopic (exact) mass is 314 g/mol. The van der Waals surface area contributed by atoms with Gasteiger partial charge in [-0.05, 0) is 59.0 Å². The molecule has 3 heteroatoms. The van der Waals surface area contributed by atoms with Gasteiger partial charge in [-0.1, -0.05) is 13.3 Å². The van der Waals surface area contributed by atoms with E-state index in [2.05, 4.69) is 22.9 Å². The second kappa shape index (κ2) is 6.14. The first-order valence-corrected chi connectivity index (χ1v) is 8.12. The van der Waals surface area contributed by atoms with E-state index in [1.54, 1.807) is 11.3 Å². The lowest BCUT2D eigenvalue weighted by molar-refractivity contribution is -0.123. The minimum Gasteiger partial charge on any atom is -0.299 e. The highest BCUT2D eigenvalue weighted by Gasteiger charge is 2.25. The SMILES string of the molecule is CCC1CCC(C(=O)Cc2sccc2Br)CC1. The summed E-state index contributed by atoms with van der Waals surface area (Å²) in [5, 5.41) is 2.04. The molecule has 0 aliphatic heterocycles. The lowest BCUT2D eigenvalue weighted by atomic mass is 9.78. The van der Waals surface area contributed by atoms with E-state index in [9.17, 15) is 4.79 Å². The zero-order valence-corrected chi connectivity index (χ0v) is 12.6. The third kappa shape index (κ3) is 3.41. The molecule has 0 saturated heterocycles. The van der Waals surface area contributed by atoms with E-state index in [1.165, 1.54) is 24.1 Å². The van der Waals surface area contributed by atoms with Crippen LogP contribution in [0.25, 0.3) is 0 Å². The first-order valence-electron chi connectivity index (χ1n) is 6.45. The molecule has 0 spiro atoms. The normalized spacial score (nSPS) is 24.8. The van der Waals surface area contributed by atoms with Crippen molar-refractivity contribution in [3.63, 3.8) is 0 Å². The van der Waals surface area contributed by atoms with Crippen LogP contribution >= 0.6 is 27.3 Å². The smallest absolute Gasteiger partial charge is 0.141 e. The number of rotatable bonds is 4. The number of hydrogen-bond donors (Lipinski definition) is 0. The first-order chi connectivity index (χ1) is 8.20. The van der Waals surface area contributed by atoms with Crippen LogP contribution in [0.5, 0.6) is 0 Å². The number of Topliss-reactive ketones (excluding diaryl/α,β-unsaturated/α-hetero) is 1. The fourth-order valence-electron chi connectivity index (χ4n) is 2.65. The summed E-state index contributed by atoms with van der Waals surface area (Å²) in [6, 6.07) is 2.03. The molecule has 1 heterocycles. The van der Waals surface area contributed by atoms with Crippen molar-refractivity contribution in [3.05, 3.63) is 20.8 Å². The Bertz CT molecular complexity index is 377. The Balaban J connectivity index is 1.87. The summed E-state index contributed by atoms with van der Waals surface area (Å²) in [5.74, 6) is 1.64. The lowest BCUT2D eigenvalue weighted by Gasteiger charge is -2.26. The van der Waals surface area contributed by atoms with Crippen LogP contribution in [0.1, 0.15) is 43.9 Å². The van der Waals surface area contributed by atoms with E-state index in [-0.39, 0.29) is 0 Å². The van der Waals surface area contributed by atoms with Gasteiger partial charge in [-0.25, -0.2) is 0 Å². The van der Waals surface area contributed by atoms with E-state index < -0.39 is 0 Å². The van der Waals surface area contributed by atoms with Crippen molar-refractivity contribution in [2.45, 2.75) is 45.4 Å². The summed E-state index contributed by atoms with van der Waals surface area (Å²) in [6.07, 6.45) is 6.62. The number of thiophene rings is 1. The van der Waals surface area contributed by atoms with Crippen molar-refractivity contribution in [1.29, 1.82) is 0 Å². The molecular weight excluding hydrogens is 296 g/mol. The fourth-order valence-corrected chi connectivity index (χ4v) is 4.15. The van der Waals surface area contributed by atoms with Crippen molar-refractivity contribution >= 4 is 33.0 Å². The molecule has 0 N–H and O–H groups in total. The van der Waals surface area contributed by atoms with E-state index in [1.807, 2.05) is 11.4 Å². The van der Waals surface area contributed by atoms with Crippen LogP contribution in [-0.2, 0) is 11.2 Å². The summed E-state index contributed by atoms with van der Waals surface area (Å²) in [4.78, 5) is 13.4. The summed E-state index contributed by atoms with van der Waals surface area (Å²) < 4.78 is 1.10. The van der Waals surface area contributed by atoms with Gasteiger partial charge in [0.2, 0.25) is 0 Å². The van der Waals surface area contributed by atoms with Crippen LogP contribution in [0.2, 0.25) is 0 Å². The highest BCUT2D eigenvalue weighted by atomic mass is 79.9. The number of carbonyl (C=O) groups is 1. The third-order valence-electron chi connectivity index (χ3n) is 3.91. The molecule has 0 amide bonds. The van der Waals surface area contributed by atoms with Crippen molar-refractivity contribution in [2.24, 2.45) is 11.8 Å². The highest BCUT2D eigenvalue weighted by Crippen LogP contribution is 2.33. The van der Waals surface area contributed by atoms with Crippen molar-refractivity contribution in [1.82, 2.24) is 0 Å². The molecule has 1 fully saturated rings. The molecule has 1 aliphatic carbocycles. The standard InChI is InChI=1S/C14H19BrOS/c1-2-10-3-5-11(6-4-10)13(16)9-14-12(15)7-8-17-14/h7-8,10-11H,2-6,9H2,1H3. The summed E-state index contributed by atoms with van der Waals surface area (Å²) in [6.45, 7) is 2.26. The molecule has 0 aromatic carbocycles. The second-order valence-corrected chi connectivity index (χ2v) is 6.82. The average Bonchev–Trinajstić information content (AvgIpc) is 2.75. The first kappa shape index (κ1) is 13.3. The van der Waals surface area contributed by atoms with Gasteiger partial charge >= 0.3 is 0 Å². The summed E-state index contributed by atoms with van der Waals surface area (Å²) in [7, 11) is 0. The second-order valence-electron chi connectivity index (χ2n) is 4.96. The number of hydrogen-bond acceptors (Lipinski definition) is 2. The Morgan fingerprint density at radius 2 is 2.12 bits per heavy atom. The number of ketones is 1. The Kier molecular flexibility index (Phi) is 4.80. The average molecular weight is 315 g/mol. The van der Waals surface area contributed by atoms with Gasteiger partial charge in [0.1, 0.15) is 5.78 Å². The summed E-state index contributed by atoms with van der Waals surface area (Å²) in [5.41, 5.74) is 0. The molecule has 1 aromatic rings. The lowest BCUT2D eigenvalue weighted by Crippen LogP contribution is -2.22. The minimum atomic E-state index is 0.326. The van der Waals surface area contributed by atoms with Crippen LogP contribution in [-0.4, -0.2) is 5.78 Å². The van der Waals surface area contributed by atoms with Crippen LogP contribution in [0.3, 0.4) is 0 Å². The van der Waals surface area contributed by atoms with Gasteiger partial charge in [-0.3, -0.25) is 4.79 Å². The van der Waals surface area contributed by atoms with E-state index in [0.717, 1.165) is 23.2 Å². The van der Waals surface area contributed by atoms with Crippen molar-refractivity contribution in [2.75, 3.05) is 0 Å². The molecule has 0 atom stereocenters. The molecule has 1 nitrogen and oxygen atoms in total. The van der Waals surface area contributed by atoms with Gasteiger partial charge in [0.05, 0.1) is 0 Å². The molecule has 0 unspecified atom stereocenters. The van der Waals surface area contributed by atoms with Crippen LogP contribution < -0.4 is 0 Å². The Labute approximate surface area is 116 Å². The molecular formula is C14H19BrOS. The fraction of sp³-hybridized carbons (Fsp3) is 0.643. The maximum atomic E-state index is 12.2. The molecule has 1 saturated carbocycles. The summed E-state index contributed by atoms with van der Waals surface area (Å²) >= 11 is 5.18. The third-order valence-corrected chi connectivity index (χ3v) is 5.83. The molecule has 2 rings (SSSR count). The maximum Gasteiger partial charge on any atom is 0.141 e. The van der Waals surface area contributed by atoms with E-state index in [0.29, 0.717) is 18.1 Å². The molecule has 94 valence electrons. The topological polar surface area (TPSA) is 17.1 Å². The van der Waals surface area contributed by atoms with E-state index >= 15 is 0 Å². The van der Waals surface area contributed by atoms with Gasteiger partial charge in [0, 0.05) is 21.7 Å². The molecule has 1 aliphatic rings. The predicted octanol–water partition coefficient (Wildman–Crippen LogP) is 4.84. The Morgan fingerprint density at radius 3 is 2.65 bits per heavy atom. The molecule has 0 bridgehead atoms. The predicted molar refractivity (Wildman–Crippen MR) is 76.5 cm³/mol. The Hall–Kier alpha value is -0.150. The molecule has 17 heavy (non-hydrogen) atoms. The van der Waals surface area contributed by atoms with Gasteiger partial charge in [-0.2, -0.15) is 0 Å². The Morgan fingerprint density at radius 1 is 1.41 bits per heavy atom. The molecule has 1 aromatic heterocycles.